The van der Waals surface area contributed by atoms with Gasteiger partial charge >= 0.3 is 0 Å². The van der Waals surface area contributed by atoms with Crippen LogP contribution >= 0.6 is 22.7 Å². The van der Waals surface area contributed by atoms with Gasteiger partial charge in [-0.3, -0.25) is 9.78 Å². The van der Waals surface area contributed by atoms with Crippen molar-refractivity contribution in [1.82, 2.24) is 15.3 Å². The molecule has 1 N–H and O–H groups in total. The van der Waals surface area contributed by atoms with Crippen molar-refractivity contribution < 1.29 is 4.79 Å². The van der Waals surface area contributed by atoms with Crippen LogP contribution in [-0.2, 0) is 6.54 Å². The van der Waals surface area contributed by atoms with Gasteiger partial charge in [0.1, 0.15) is 4.83 Å². The maximum Gasteiger partial charge on any atom is 0.261 e. The van der Waals surface area contributed by atoms with Gasteiger partial charge in [-0.1, -0.05) is 6.07 Å². The monoisotopic (exact) mass is 379 g/mol. The van der Waals surface area contributed by atoms with Gasteiger partial charge in [0.15, 0.2) is 0 Å². The Balaban J connectivity index is 1.48. The largest absolute Gasteiger partial charge is 0.346 e. The van der Waals surface area contributed by atoms with E-state index in [9.17, 15) is 4.79 Å². The van der Waals surface area contributed by atoms with Crippen LogP contribution in [0.1, 0.15) is 25.8 Å². The summed E-state index contributed by atoms with van der Waals surface area (Å²) in [5.41, 5.74) is 3.23. The van der Waals surface area contributed by atoms with Crippen molar-refractivity contribution in [2.45, 2.75) is 20.4 Å². The molecule has 4 heterocycles. The molecular weight excluding hydrogens is 362 g/mol. The van der Waals surface area contributed by atoms with E-state index in [-0.39, 0.29) is 5.91 Å². The Bertz CT molecular complexity index is 1080. The average molecular weight is 380 g/mol. The molecule has 0 saturated heterocycles. The highest BCUT2D eigenvalue weighted by Gasteiger charge is 2.13. The minimum atomic E-state index is -0.0543. The van der Waals surface area contributed by atoms with Crippen LogP contribution < -0.4 is 5.32 Å². The van der Waals surface area contributed by atoms with Gasteiger partial charge in [0.05, 0.1) is 11.4 Å². The van der Waals surface area contributed by atoms with Crippen molar-refractivity contribution >= 4 is 38.8 Å². The van der Waals surface area contributed by atoms with Gasteiger partial charge in [-0.25, -0.2) is 4.98 Å². The molecule has 0 spiro atoms. The number of thiophene rings is 2. The zero-order chi connectivity index (χ0) is 18.1. The summed E-state index contributed by atoms with van der Waals surface area (Å²) in [6.07, 6.45) is 3.62. The van der Waals surface area contributed by atoms with E-state index in [2.05, 4.69) is 28.3 Å². The molecule has 4 aromatic rings. The normalized spacial score (nSPS) is 11.0. The number of aromatic nitrogens is 2. The Labute approximate surface area is 159 Å². The molecule has 0 fully saturated rings. The lowest BCUT2D eigenvalue weighted by atomic mass is 10.2. The number of hydrogen-bond acceptors (Lipinski definition) is 5. The summed E-state index contributed by atoms with van der Waals surface area (Å²) < 4.78 is 0. The highest BCUT2D eigenvalue weighted by molar-refractivity contribution is 7.20. The van der Waals surface area contributed by atoms with Crippen LogP contribution in [0.2, 0.25) is 0 Å². The molecule has 0 atom stereocenters. The van der Waals surface area contributed by atoms with E-state index >= 15 is 0 Å². The zero-order valence-electron chi connectivity index (χ0n) is 14.4. The smallest absolute Gasteiger partial charge is 0.261 e. The van der Waals surface area contributed by atoms with Crippen LogP contribution in [0.15, 0.2) is 48.8 Å². The lowest BCUT2D eigenvalue weighted by Gasteiger charge is -2.01. The molecule has 0 bridgehead atoms. The average Bonchev–Trinajstić information content (AvgIpc) is 3.27. The predicted octanol–water partition coefficient (Wildman–Crippen LogP) is 4.97. The molecule has 0 unspecified atom stereocenters. The predicted molar refractivity (Wildman–Crippen MR) is 108 cm³/mol. The van der Waals surface area contributed by atoms with Crippen LogP contribution in [0.3, 0.4) is 0 Å². The fourth-order valence-electron chi connectivity index (χ4n) is 2.83. The van der Waals surface area contributed by atoms with Gasteiger partial charge in [-0.15, -0.1) is 22.7 Å². The Kier molecular flexibility index (Phi) is 4.53. The Hall–Kier alpha value is -2.57. The lowest BCUT2D eigenvalue weighted by molar-refractivity contribution is 0.0955. The van der Waals surface area contributed by atoms with Gasteiger partial charge in [0, 0.05) is 38.8 Å². The van der Waals surface area contributed by atoms with E-state index in [0.717, 1.165) is 36.8 Å². The summed E-state index contributed by atoms with van der Waals surface area (Å²) in [5, 5.41) is 4.07. The van der Waals surface area contributed by atoms with Gasteiger partial charge in [0.2, 0.25) is 0 Å². The SMILES string of the molecule is Cc1cc(C)c2cc(C(=O)NCc3ccc(-c4cccnc4)s3)sc2n1. The van der Waals surface area contributed by atoms with Crippen LogP contribution in [0.5, 0.6) is 0 Å². The zero-order valence-corrected chi connectivity index (χ0v) is 16.1. The van der Waals surface area contributed by atoms with Crippen LogP contribution in [0.4, 0.5) is 0 Å². The second kappa shape index (κ2) is 6.97. The number of carbonyl (C=O) groups is 1. The van der Waals surface area contributed by atoms with Gasteiger partial charge in [-0.05, 0) is 49.7 Å². The summed E-state index contributed by atoms with van der Waals surface area (Å²) in [6.45, 7) is 4.54. The van der Waals surface area contributed by atoms with E-state index in [1.54, 1.807) is 17.5 Å². The van der Waals surface area contributed by atoms with Gasteiger partial charge < -0.3 is 5.32 Å². The number of fused-ring (bicyclic) bond motifs is 1. The van der Waals surface area contributed by atoms with Crippen LogP contribution in [0.25, 0.3) is 20.7 Å². The van der Waals surface area contributed by atoms with E-state index in [1.807, 2.05) is 43.5 Å². The number of carbonyl (C=O) groups excluding carboxylic acids is 1. The second-order valence-electron chi connectivity index (χ2n) is 6.10. The summed E-state index contributed by atoms with van der Waals surface area (Å²) in [5.74, 6) is -0.0543. The number of aryl methyl sites for hydroxylation is 2. The fraction of sp³-hybridized carbons (Fsp3) is 0.150. The van der Waals surface area contributed by atoms with E-state index in [0.29, 0.717) is 11.4 Å². The van der Waals surface area contributed by atoms with Crippen molar-refractivity contribution in [2.24, 2.45) is 0 Å². The van der Waals surface area contributed by atoms with Crippen LogP contribution in [0, 0.1) is 13.8 Å². The molecule has 4 nitrogen and oxygen atoms in total. The van der Waals surface area contributed by atoms with Crippen molar-refractivity contribution in [2.75, 3.05) is 0 Å². The molecule has 6 heteroatoms. The van der Waals surface area contributed by atoms with Crippen LogP contribution in [-0.4, -0.2) is 15.9 Å². The summed E-state index contributed by atoms with van der Waals surface area (Å²) in [4.78, 5) is 25.1. The van der Waals surface area contributed by atoms with Crippen molar-refractivity contribution in [1.29, 1.82) is 0 Å². The van der Waals surface area contributed by atoms with Gasteiger partial charge in [0.25, 0.3) is 5.91 Å². The van der Waals surface area contributed by atoms with E-state index in [4.69, 9.17) is 0 Å². The summed E-state index contributed by atoms with van der Waals surface area (Å²) in [7, 11) is 0. The molecule has 1 amide bonds. The number of pyridine rings is 2. The number of amides is 1. The topological polar surface area (TPSA) is 54.9 Å². The molecule has 0 saturated carbocycles. The minimum Gasteiger partial charge on any atom is -0.346 e. The van der Waals surface area contributed by atoms with E-state index < -0.39 is 0 Å². The van der Waals surface area contributed by atoms with Crippen molar-refractivity contribution in [3.05, 3.63) is 69.8 Å². The molecular formula is C20H17N3OS2. The maximum absolute atomic E-state index is 12.5. The molecule has 0 aromatic carbocycles. The maximum atomic E-state index is 12.5. The first-order valence-corrected chi connectivity index (χ1v) is 9.88. The van der Waals surface area contributed by atoms with Crippen molar-refractivity contribution in [3.8, 4) is 10.4 Å². The highest BCUT2D eigenvalue weighted by atomic mass is 32.1. The standard InChI is InChI=1S/C20H17N3OS2/c1-12-8-13(2)23-20-16(12)9-18(26-20)19(24)22-11-15-5-6-17(25-15)14-4-3-7-21-10-14/h3-10H,11H2,1-2H3,(H,22,24). The third-order valence-electron chi connectivity index (χ3n) is 4.10. The minimum absolute atomic E-state index is 0.0543. The number of hydrogen-bond donors (Lipinski definition) is 1. The molecule has 26 heavy (non-hydrogen) atoms. The molecule has 0 aliphatic heterocycles. The number of rotatable bonds is 4. The quantitative estimate of drug-likeness (QED) is 0.545. The fourth-order valence-corrected chi connectivity index (χ4v) is 4.84. The first-order chi connectivity index (χ1) is 12.6. The Morgan fingerprint density at radius 3 is 2.85 bits per heavy atom. The molecule has 4 rings (SSSR count). The first-order valence-electron chi connectivity index (χ1n) is 8.25. The highest BCUT2D eigenvalue weighted by Crippen LogP contribution is 2.29. The molecule has 0 aliphatic rings. The molecule has 4 aromatic heterocycles. The second-order valence-corrected chi connectivity index (χ2v) is 8.30. The number of nitrogens with zero attached hydrogens (tertiary/aromatic N) is 2. The van der Waals surface area contributed by atoms with E-state index in [1.165, 1.54) is 11.3 Å². The molecule has 0 radical (unpaired) electrons. The lowest BCUT2D eigenvalue weighted by Crippen LogP contribution is -2.21. The summed E-state index contributed by atoms with van der Waals surface area (Å²) >= 11 is 3.11. The Morgan fingerprint density at radius 2 is 2.04 bits per heavy atom. The Morgan fingerprint density at radius 1 is 1.15 bits per heavy atom. The molecule has 130 valence electrons. The van der Waals surface area contributed by atoms with Crippen molar-refractivity contribution in [3.63, 3.8) is 0 Å². The third kappa shape index (κ3) is 3.38. The third-order valence-corrected chi connectivity index (χ3v) is 6.26. The van der Waals surface area contributed by atoms with Gasteiger partial charge in [-0.2, -0.15) is 0 Å². The first kappa shape index (κ1) is 16.9. The molecule has 0 aliphatic carbocycles. The summed E-state index contributed by atoms with van der Waals surface area (Å²) in [6, 6.07) is 12.1. The number of nitrogens with one attached hydrogen (secondary N) is 1.